The van der Waals surface area contributed by atoms with Crippen LogP contribution in [0.5, 0.6) is 0 Å². The van der Waals surface area contributed by atoms with Gasteiger partial charge < -0.3 is 4.90 Å². The normalized spacial score (nSPS) is 12.8. The molecule has 4 nitrogen and oxygen atoms in total. The fourth-order valence-corrected chi connectivity index (χ4v) is 3.34. The Bertz CT molecular complexity index is 687. The van der Waals surface area contributed by atoms with Crippen LogP contribution in [0.2, 0.25) is 0 Å². The molecule has 0 spiro atoms. The van der Waals surface area contributed by atoms with E-state index in [0.29, 0.717) is 13.0 Å². The lowest BCUT2D eigenvalue weighted by atomic mass is 10.1. The van der Waals surface area contributed by atoms with Crippen LogP contribution in [0, 0.1) is 0 Å². The van der Waals surface area contributed by atoms with E-state index in [1.165, 1.54) is 5.56 Å². The molecule has 0 bridgehead atoms. The van der Waals surface area contributed by atoms with E-state index in [9.17, 15) is 13.0 Å². The molecule has 0 aromatic heterocycles. The van der Waals surface area contributed by atoms with E-state index in [-0.39, 0.29) is 6.54 Å². The molecular formula is C18H23NO3S. The van der Waals surface area contributed by atoms with Gasteiger partial charge in [0.1, 0.15) is 5.25 Å². The molecule has 0 aliphatic heterocycles. The Labute approximate surface area is 138 Å². The van der Waals surface area contributed by atoms with Crippen molar-refractivity contribution >= 4 is 15.8 Å². The van der Waals surface area contributed by atoms with Crippen molar-refractivity contribution in [3.63, 3.8) is 0 Å². The largest absolute Gasteiger partial charge is 0.370 e. The molecule has 0 aliphatic carbocycles. The zero-order chi connectivity index (χ0) is 16.7. The Morgan fingerprint density at radius 3 is 2.09 bits per heavy atom. The van der Waals surface area contributed by atoms with E-state index in [2.05, 4.69) is 12.1 Å². The standard InChI is InChI=1S/C18H23NO3S/c1-2-18(23(20,21)22)15-19(17-11-7-4-8-12-17)14-13-16-9-5-3-6-10-16/h3-12,18H,2,13-15H2,1H3,(H,20,21,22). The number of hydrogen-bond donors (Lipinski definition) is 1. The molecule has 2 aromatic rings. The molecule has 5 heteroatoms. The Kier molecular flexibility index (Phi) is 6.19. The van der Waals surface area contributed by atoms with Gasteiger partial charge in [-0.05, 0) is 30.5 Å². The highest BCUT2D eigenvalue weighted by Crippen LogP contribution is 2.17. The summed E-state index contributed by atoms with van der Waals surface area (Å²) >= 11 is 0. The summed E-state index contributed by atoms with van der Waals surface area (Å²) in [5, 5.41) is -0.779. The second-order valence-corrected chi connectivity index (χ2v) is 7.26. The Morgan fingerprint density at radius 2 is 1.57 bits per heavy atom. The predicted molar refractivity (Wildman–Crippen MR) is 94.4 cm³/mol. The third kappa shape index (κ3) is 5.37. The summed E-state index contributed by atoms with van der Waals surface area (Å²) in [6.45, 7) is 2.75. The first-order chi connectivity index (χ1) is 11.0. The minimum atomic E-state index is -4.04. The highest BCUT2D eigenvalue weighted by molar-refractivity contribution is 7.86. The Balaban J connectivity index is 2.15. The SMILES string of the molecule is CCC(CN(CCc1ccccc1)c1ccccc1)S(=O)(=O)O. The summed E-state index contributed by atoms with van der Waals surface area (Å²) in [5.41, 5.74) is 2.17. The fourth-order valence-electron chi connectivity index (χ4n) is 2.55. The molecule has 0 saturated carbocycles. The summed E-state index contributed by atoms with van der Waals surface area (Å²) in [7, 11) is -4.04. The molecule has 0 saturated heterocycles. The third-order valence-corrected chi connectivity index (χ3v) is 5.26. The van der Waals surface area contributed by atoms with Gasteiger partial charge in [0, 0.05) is 18.8 Å². The molecular weight excluding hydrogens is 310 g/mol. The zero-order valence-electron chi connectivity index (χ0n) is 13.3. The summed E-state index contributed by atoms with van der Waals surface area (Å²) in [6, 6.07) is 19.8. The maximum absolute atomic E-state index is 11.5. The monoisotopic (exact) mass is 333 g/mol. The average Bonchev–Trinajstić information content (AvgIpc) is 2.55. The number of nitrogens with zero attached hydrogens (tertiary/aromatic N) is 1. The molecule has 124 valence electrons. The molecule has 2 rings (SSSR count). The number of benzene rings is 2. The van der Waals surface area contributed by atoms with Crippen molar-refractivity contribution in [2.24, 2.45) is 0 Å². The number of para-hydroxylation sites is 1. The van der Waals surface area contributed by atoms with Gasteiger partial charge >= 0.3 is 0 Å². The van der Waals surface area contributed by atoms with Crippen molar-refractivity contribution in [1.29, 1.82) is 0 Å². The highest BCUT2D eigenvalue weighted by Gasteiger charge is 2.24. The van der Waals surface area contributed by atoms with Crippen LogP contribution in [0.4, 0.5) is 5.69 Å². The van der Waals surface area contributed by atoms with E-state index in [1.54, 1.807) is 6.92 Å². The van der Waals surface area contributed by atoms with Crippen molar-refractivity contribution in [2.45, 2.75) is 25.0 Å². The quantitative estimate of drug-likeness (QED) is 0.752. The molecule has 0 aliphatic rings. The van der Waals surface area contributed by atoms with Gasteiger partial charge in [0.25, 0.3) is 10.1 Å². The van der Waals surface area contributed by atoms with Gasteiger partial charge in [-0.25, -0.2) is 0 Å². The van der Waals surface area contributed by atoms with Crippen LogP contribution in [-0.2, 0) is 16.5 Å². The topological polar surface area (TPSA) is 57.6 Å². The summed E-state index contributed by atoms with van der Waals surface area (Å²) in [6.07, 6.45) is 1.20. The van der Waals surface area contributed by atoms with E-state index in [1.807, 2.05) is 53.4 Å². The first kappa shape index (κ1) is 17.5. The maximum atomic E-state index is 11.5. The zero-order valence-corrected chi connectivity index (χ0v) is 14.1. The van der Waals surface area contributed by atoms with E-state index in [4.69, 9.17) is 0 Å². The minimum absolute atomic E-state index is 0.284. The molecule has 2 aromatic carbocycles. The number of rotatable bonds is 8. The van der Waals surface area contributed by atoms with Crippen LogP contribution in [-0.4, -0.2) is 31.3 Å². The average molecular weight is 333 g/mol. The molecule has 0 radical (unpaired) electrons. The Hall–Kier alpha value is -1.85. The second-order valence-electron chi connectivity index (χ2n) is 5.56. The number of anilines is 1. The third-order valence-electron chi connectivity index (χ3n) is 3.94. The van der Waals surface area contributed by atoms with Crippen LogP contribution < -0.4 is 4.90 Å². The van der Waals surface area contributed by atoms with Gasteiger partial charge in [0.15, 0.2) is 0 Å². The summed E-state index contributed by atoms with van der Waals surface area (Å²) in [4.78, 5) is 2.02. The lowest BCUT2D eigenvalue weighted by molar-refractivity contribution is 0.462. The first-order valence-electron chi connectivity index (χ1n) is 7.81. The second kappa shape index (κ2) is 8.13. The molecule has 1 N–H and O–H groups in total. The van der Waals surface area contributed by atoms with Crippen molar-refractivity contribution < 1.29 is 13.0 Å². The van der Waals surface area contributed by atoms with Crippen molar-refractivity contribution in [2.75, 3.05) is 18.0 Å². The summed E-state index contributed by atoms with van der Waals surface area (Å²) in [5.74, 6) is 0. The van der Waals surface area contributed by atoms with Crippen LogP contribution in [0.15, 0.2) is 60.7 Å². The van der Waals surface area contributed by atoms with E-state index >= 15 is 0 Å². The van der Waals surface area contributed by atoms with Crippen LogP contribution in [0.25, 0.3) is 0 Å². The highest BCUT2D eigenvalue weighted by atomic mass is 32.2. The Morgan fingerprint density at radius 1 is 1.00 bits per heavy atom. The van der Waals surface area contributed by atoms with Crippen molar-refractivity contribution in [3.05, 3.63) is 66.2 Å². The van der Waals surface area contributed by atoms with Gasteiger partial charge in [0.05, 0.1) is 0 Å². The van der Waals surface area contributed by atoms with Gasteiger partial charge in [-0.3, -0.25) is 4.55 Å². The van der Waals surface area contributed by atoms with Gasteiger partial charge in [-0.15, -0.1) is 0 Å². The van der Waals surface area contributed by atoms with Gasteiger partial charge in [-0.1, -0.05) is 55.5 Å². The lowest BCUT2D eigenvalue weighted by Gasteiger charge is -2.28. The molecule has 1 unspecified atom stereocenters. The van der Waals surface area contributed by atoms with Crippen molar-refractivity contribution in [1.82, 2.24) is 0 Å². The van der Waals surface area contributed by atoms with Gasteiger partial charge in [0.2, 0.25) is 0 Å². The first-order valence-corrected chi connectivity index (χ1v) is 9.31. The lowest BCUT2D eigenvalue weighted by Crippen LogP contribution is -2.37. The molecule has 0 amide bonds. The molecule has 0 heterocycles. The summed E-state index contributed by atoms with van der Waals surface area (Å²) < 4.78 is 32.5. The van der Waals surface area contributed by atoms with E-state index in [0.717, 1.165) is 12.1 Å². The van der Waals surface area contributed by atoms with Crippen molar-refractivity contribution in [3.8, 4) is 0 Å². The predicted octanol–water partition coefficient (Wildman–Crippen LogP) is 3.40. The van der Waals surface area contributed by atoms with Crippen LogP contribution >= 0.6 is 0 Å². The van der Waals surface area contributed by atoms with E-state index < -0.39 is 15.4 Å². The minimum Gasteiger partial charge on any atom is -0.370 e. The fraction of sp³-hybridized carbons (Fsp3) is 0.333. The number of hydrogen-bond acceptors (Lipinski definition) is 3. The smallest absolute Gasteiger partial charge is 0.269 e. The molecule has 0 fully saturated rings. The molecule has 1 atom stereocenters. The van der Waals surface area contributed by atoms with Crippen LogP contribution in [0.3, 0.4) is 0 Å². The van der Waals surface area contributed by atoms with Crippen LogP contribution in [0.1, 0.15) is 18.9 Å². The molecule has 23 heavy (non-hydrogen) atoms. The van der Waals surface area contributed by atoms with Gasteiger partial charge in [-0.2, -0.15) is 8.42 Å². The maximum Gasteiger partial charge on any atom is 0.269 e.